The minimum absolute atomic E-state index is 0.334. The molecule has 1 N–H and O–H groups in total. The summed E-state index contributed by atoms with van der Waals surface area (Å²) in [6, 6.07) is 14.1. The number of halogens is 1. The summed E-state index contributed by atoms with van der Waals surface area (Å²) in [5.74, 6) is 0.221. The van der Waals surface area contributed by atoms with Gasteiger partial charge >= 0.3 is 5.97 Å². The van der Waals surface area contributed by atoms with Crippen LogP contribution in [-0.4, -0.2) is 55.0 Å². The molecule has 1 fully saturated rings. The van der Waals surface area contributed by atoms with Gasteiger partial charge in [0.15, 0.2) is 11.7 Å². The third-order valence-corrected chi connectivity index (χ3v) is 8.08. The minimum Gasteiger partial charge on any atom is -0.482 e. The topological polar surface area (TPSA) is 106 Å². The van der Waals surface area contributed by atoms with E-state index in [1.807, 2.05) is 30.3 Å². The van der Waals surface area contributed by atoms with Crippen molar-refractivity contribution in [1.29, 1.82) is 0 Å². The molecule has 188 valence electrons. The molecule has 2 aromatic heterocycles. The number of fused-ring (bicyclic) bond motifs is 1. The van der Waals surface area contributed by atoms with Gasteiger partial charge < -0.3 is 14.7 Å². The second kappa shape index (κ2) is 9.28. The van der Waals surface area contributed by atoms with Crippen LogP contribution in [0.25, 0.3) is 16.3 Å². The number of piperidine rings is 1. The maximum Gasteiger partial charge on any atom is 0.327 e. The molecule has 37 heavy (non-hydrogen) atoms. The van der Waals surface area contributed by atoms with Gasteiger partial charge in [-0.25, -0.2) is 4.98 Å². The average Bonchev–Trinajstić information content (AvgIpc) is 3.54. The van der Waals surface area contributed by atoms with Crippen molar-refractivity contribution < 1.29 is 14.6 Å². The van der Waals surface area contributed by atoms with Crippen molar-refractivity contribution >= 4 is 39.6 Å². The Morgan fingerprint density at radius 2 is 2.00 bits per heavy atom. The summed E-state index contributed by atoms with van der Waals surface area (Å²) in [6.07, 6.45) is 5.55. The first-order chi connectivity index (χ1) is 17.9. The summed E-state index contributed by atoms with van der Waals surface area (Å²) in [6.45, 7) is 3.28. The zero-order valence-electron chi connectivity index (χ0n) is 20.0. The highest BCUT2D eigenvalue weighted by molar-refractivity contribution is 7.18. The maximum atomic E-state index is 10.9. The van der Waals surface area contributed by atoms with Crippen LogP contribution in [0.1, 0.15) is 29.5 Å². The number of carboxylic acids is 1. The molecule has 0 aliphatic carbocycles. The summed E-state index contributed by atoms with van der Waals surface area (Å²) in [4.78, 5) is 19.5. The number of carboxylic acid groups (broad SMARTS) is 1. The van der Waals surface area contributed by atoms with Crippen molar-refractivity contribution in [2.45, 2.75) is 31.9 Å². The molecule has 11 heteroatoms. The fraction of sp³-hybridized carbons (Fsp3) is 0.269. The van der Waals surface area contributed by atoms with Crippen LogP contribution in [0.2, 0.25) is 5.02 Å². The maximum absolute atomic E-state index is 10.9. The van der Waals surface area contributed by atoms with Crippen molar-refractivity contribution in [3.8, 4) is 16.5 Å². The number of hydrogen-bond donors (Lipinski definition) is 1. The normalized spacial score (nSPS) is 16.3. The molecule has 9 nitrogen and oxygen atoms in total. The Labute approximate surface area is 222 Å². The number of ether oxygens (including phenoxy) is 1. The number of anilines is 1. The van der Waals surface area contributed by atoms with Crippen LogP contribution < -0.4 is 9.64 Å². The van der Waals surface area contributed by atoms with E-state index in [1.54, 1.807) is 6.20 Å². The van der Waals surface area contributed by atoms with Gasteiger partial charge in [-0.2, -0.15) is 4.80 Å². The molecule has 2 aliphatic rings. The Hall–Kier alpha value is -3.76. The molecule has 4 heterocycles. The molecular formula is C26H23ClN6O3S. The fourth-order valence-corrected chi connectivity index (χ4v) is 6.13. The largest absolute Gasteiger partial charge is 0.482 e. The summed E-state index contributed by atoms with van der Waals surface area (Å²) < 4.78 is 6.64. The first kappa shape index (κ1) is 23.6. The summed E-state index contributed by atoms with van der Waals surface area (Å²) in [7, 11) is 0. The number of hydrogen-bond acceptors (Lipinski definition) is 8. The Bertz CT molecular complexity index is 1500. The number of aromatic nitrogens is 5. The van der Waals surface area contributed by atoms with E-state index in [2.05, 4.69) is 50.4 Å². The third-order valence-electron chi connectivity index (χ3n) is 6.71. The van der Waals surface area contributed by atoms with E-state index in [-0.39, 0.29) is 6.54 Å². The monoisotopic (exact) mass is 534 g/mol. The quantitative estimate of drug-likeness (QED) is 0.392. The van der Waals surface area contributed by atoms with Crippen molar-refractivity contribution in [2.24, 2.45) is 0 Å². The first-order valence-electron chi connectivity index (χ1n) is 11.9. The van der Waals surface area contributed by atoms with E-state index in [0.717, 1.165) is 73.8 Å². The second-order valence-corrected chi connectivity index (χ2v) is 10.6. The molecule has 2 aromatic carbocycles. The molecule has 0 radical (unpaired) electrons. The predicted octanol–water partition coefficient (Wildman–Crippen LogP) is 4.71. The van der Waals surface area contributed by atoms with E-state index < -0.39 is 11.6 Å². The van der Waals surface area contributed by atoms with E-state index >= 15 is 0 Å². The van der Waals surface area contributed by atoms with Crippen molar-refractivity contribution in [3.05, 3.63) is 76.5 Å². The van der Waals surface area contributed by atoms with Crippen molar-refractivity contribution in [1.82, 2.24) is 25.2 Å². The molecule has 0 amide bonds. The zero-order valence-corrected chi connectivity index (χ0v) is 21.5. The number of carbonyl (C=O) groups is 1. The lowest BCUT2D eigenvalue weighted by Gasteiger charge is -2.43. The van der Waals surface area contributed by atoms with Gasteiger partial charge in [0.25, 0.3) is 0 Å². The van der Waals surface area contributed by atoms with Gasteiger partial charge in [-0.3, -0.25) is 4.79 Å². The highest BCUT2D eigenvalue weighted by Gasteiger charge is 2.40. The summed E-state index contributed by atoms with van der Waals surface area (Å²) in [5, 5.41) is 22.4. The lowest BCUT2D eigenvalue weighted by atomic mass is 9.82. The highest BCUT2D eigenvalue weighted by Crippen LogP contribution is 2.46. The SMILES string of the molecule is Cc1cccc(Cl)c1C1=CC2(CCN(c3ncc(-c4nnn(CC(=O)O)n4)s3)CC2)Oc2ccccc21. The van der Waals surface area contributed by atoms with Crippen LogP contribution in [0.15, 0.2) is 54.7 Å². The van der Waals surface area contributed by atoms with Gasteiger partial charge in [0, 0.05) is 42.1 Å². The number of aryl methyl sites for hydroxylation is 1. The molecule has 6 rings (SSSR count). The van der Waals surface area contributed by atoms with Gasteiger partial charge in [0.1, 0.15) is 11.4 Å². The van der Waals surface area contributed by atoms with Gasteiger partial charge in [-0.15, -0.1) is 10.2 Å². The molecule has 4 aromatic rings. The van der Waals surface area contributed by atoms with Crippen LogP contribution in [0.5, 0.6) is 5.75 Å². The molecule has 0 atom stereocenters. The van der Waals surface area contributed by atoms with Crippen LogP contribution in [0.3, 0.4) is 0 Å². The fourth-order valence-electron chi connectivity index (χ4n) is 4.91. The molecule has 2 aliphatic heterocycles. The van der Waals surface area contributed by atoms with Crippen LogP contribution in [-0.2, 0) is 11.3 Å². The molecule has 0 unspecified atom stereocenters. The minimum atomic E-state index is -1.02. The Kier molecular flexibility index (Phi) is 5.92. The predicted molar refractivity (Wildman–Crippen MR) is 141 cm³/mol. The van der Waals surface area contributed by atoms with Crippen molar-refractivity contribution in [2.75, 3.05) is 18.0 Å². The van der Waals surface area contributed by atoms with Gasteiger partial charge in [0.2, 0.25) is 5.82 Å². The Morgan fingerprint density at radius 1 is 1.19 bits per heavy atom. The Balaban J connectivity index is 1.25. The first-order valence-corrected chi connectivity index (χ1v) is 13.1. The molecule has 1 saturated heterocycles. The van der Waals surface area contributed by atoms with Crippen LogP contribution >= 0.6 is 22.9 Å². The van der Waals surface area contributed by atoms with E-state index in [0.29, 0.717) is 5.82 Å². The third kappa shape index (κ3) is 4.47. The number of benzene rings is 2. The number of rotatable bonds is 5. The lowest BCUT2D eigenvalue weighted by molar-refractivity contribution is -0.138. The number of thiazole rings is 1. The molecular weight excluding hydrogens is 512 g/mol. The summed E-state index contributed by atoms with van der Waals surface area (Å²) in [5.41, 5.74) is 3.92. The van der Waals surface area contributed by atoms with Crippen molar-refractivity contribution in [3.63, 3.8) is 0 Å². The lowest BCUT2D eigenvalue weighted by Crippen LogP contribution is -2.48. The van der Waals surface area contributed by atoms with E-state index in [4.69, 9.17) is 21.4 Å². The van der Waals surface area contributed by atoms with Gasteiger partial charge in [-0.1, -0.05) is 53.3 Å². The highest BCUT2D eigenvalue weighted by atomic mass is 35.5. The number of nitrogens with zero attached hydrogens (tertiary/aromatic N) is 6. The summed E-state index contributed by atoms with van der Waals surface area (Å²) >= 11 is 8.16. The number of aliphatic carboxylic acids is 1. The number of tetrazole rings is 1. The van der Waals surface area contributed by atoms with Gasteiger partial charge in [-0.05, 0) is 41.5 Å². The van der Waals surface area contributed by atoms with E-state index in [1.165, 1.54) is 11.3 Å². The smallest absolute Gasteiger partial charge is 0.327 e. The number of para-hydroxylation sites is 1. The van der Waals surface area contributed by atoms with Gasteiger partial charge in [0.05, 0.1) is 11.1 Å². The molecule has 1 spiro atoms. The van der Waals surface area contributed by atoms with Crippen LogP contribution in [0, 0.1) is 6.92 Å². The zero-order chi connectivity index (χ0) is 25.6. The van der Waals surface area contributed by atoms with Crippen LogP contribution in [0.4, 0.5) is 5.13 Å². The Morgan fingerprint density at radius 3 is 2.78 bits per heavy atom. The second-order valence-electron chi connectivity index (χ2n) is 9.18. The molecule has 0 bridgehead atoms. The standard InChI is InChI=1S/C26H23ClN6O3S/c1-16-5-4-7-19(27)23(16)18-13-26(36-20-8-3-2-6-17(18)20)9-11-32(12-10-26)25-28-14-21(37-25)24-29-31-33(30-24)15-22(34)35/h2-8,13-14H,9-12,15H2,1H3,(H,34,35). The van der Waals surface area contributed by atoms with E-state index in [9.17, 15) is 4.79 Å². The average molecular weight is 535 g/mol. The molecule has 0 saturated carbocycles.